The van der Waals surface area contributed by atoms with Crippen molar-refractivity contribution < 1.29 is 9.59 Å². The summed E-state index contributed by atoms with van der Waals surface area (Å²) in [6.45, 7) is 0.999. The van der Waals surface area contributed by atoms with E-state index in [2.05, 4.69) is 15.3 Å². The minimum atomic E-state index is 0.0777. The summed E-state index contributed by atoms with van der Waals surface area (Å²) in [7, 11) is 0. The molecule has 22 heavy (non-hydrogen) atoms. The van der Waals surface area contributed by atoms with Crippen LogP contribution in [0.5, 0.6) is 0 Å². The van der Waals surface area contributed by atoms with Gasteiger partial charge in [-0.3, -0.25) is 9.59 Å². The molecule has 6 nitrogen and oxygen atoms in total. The van der Waals surface area contributed by atoms with E-state index >= 15 is 0 Å². The highest BCUT2D eigenvalue weighted by atomic mass is 32.2. The second-order valence-corrected chi connectivity index (χ2v) is 7.42. The molecule has 1 aliphatic heterocycles. The highest BCUT2D eigenvalue weighted by Crippen LogP contribution is 2.47. The van der Waals surface area contributed by atoms with Gasteiger partial charge in [-0.1, -0.05) is 11.5 Å². The van der Waals surface area contributed by atoms with Crippen LogP contribution in [-0.2, 0) is 9.59 Å². The van der Waals surface area contributed by atoms with E-state index in [4.69, 9.17) is 5.53 Å². The van der Waals surface area contributed by atoms with Gasteiger partial charge in [0.15, 0.2) is 0 Å². The van der Waals surface area contributed by atoms with Gasteiger partial charge in [0.1, 0.15) is 5.78 Å². The molecular weight excluding hydrogens is 300 g/mol. The number of azide groups is 1. The van der Waals surface area contributed by atoms with Gasteiger partial charge in [0.05, 0.1) is 0 Å². The number of nitrogens with one attached hydrogen (secondary N) is 1. The van der Waals surface area contributed by atoms with Crippen LogP contribution in [0.2, 0.25) is 0 Å². The number of unbranched alkanes of at least 4 members (excludes halogenated alkanes) is 1. The molecule has 1 N–H and O–H groups in total. The highest BCUT2D eigenvalue weighted by molar-refractivity contribution is 8.00. The van der Waals surface area contributed by atoms with Crippen LogP contribution >= 0.6 is 11.8 Å². The van der Waals surface area contributed by atoms with Crippen LogP contribution in [0.1, 0.15) is 44.9 Å². The van der Waals surface area contributed by atoms with Crippen molar-refractivity contribution in [3.05, 3.63) is 10.4 Å². The fourth-order valence-corrected chi connectivity index (χ4v) is 5.14. The molecule has 0 unspecified atom stereocenters. The standard InChI is InChI=1S/C15H24N4O2S/c16-19-18-7-3-6-17-15(21)5-2-1-4-14-13-9-12(20)8-11(13)10-22-14/h11,13-14H,1-10H2,(H,17,21)/t11-,13-,14-/m1/s1. The largest absolute Gasteiger partial charge is 0.356 e. The van der Waals surface area contributed by atoms with E-state index in [1.165, 1.54) is 0 Å². The van der Waals surface area contributed by atoms with Gasteiger partial charge in [0.2, 0.25) is 5.91 Å². The molecule has 0 bridgehead atoms. The summed E-state index contributed by atoms with van der Waals surface area (Å²) in [4.78, 5) is 25.8. The molecule has 7 heteroatoms. The van der Waals surface area contributed by atoms with E-state index in [1.54, 1.807) is 0 Å². The molecular formula is C15H24N4O2S. The highest BCUT2D eigenvalue weighted by Gasteiger charge is 2.42. The first-order chi connectivity index (χ1) is 10.7. The van der Waals surface area contributed by atoms with Gasteiger partial charge in [-0.15, -0.1) is 0 Å². The first-order valence-electron chi connectivity index (χ1n) is 8.11. The van der Waals surface area contributed by atoms with Crippen LogP contribution in [0.25, 0.3) is 10.4 Å². The fraction of sp³-hybridized carbons (Fsp3) is 0.867. The van der Waals surface area contributed by atoms with E-state index in [9.17, 15) is 9.59 Å². The lowest BCUT2D eigenvalue weighted by Gasteiger charge is -2.16. The van der Waals surface area contributed by atoms with Crippen molar-refractivity contribution in [2.24, 2.45) is 17.0 Å². The third kappa shape index (κ3) is 5.21. The molecule has 122 valence electrons. The average Bonchev–Trinajstić information content (AvgIpc) is 3.03. The van der Waals surface area contributed by atoms with Crippen LogP contribution in [-0.4, -0.2) is 35.8 Å². The Balaban J connectivity index is 1.51. The van der Waals surface area contributed by atoms with Crippen molar-refractivity contribution in [3.63, 3.8) is 0 Å². The van der Waals surface area contributed by atoms with E-state index in [0.717, 1.165) is 37.9 Å². The van der Waals surface area contributed by atoms with E-state index in [0.29, 0.717) is 48.8 Å². The van der Waals surface area contributed by atoms with Crippen molar-refractivity contribution in [3.8, 4) is 0 Å². The SMILES string of the molecule is [N-]=[N+]=NCCCNC(=O)CCCC[C@H]1SC[C@H]2CC(=O)C[C@H]21. The lowest BCUT2D eigenvalue weighted by molar-refractivity contribution is -0.121. The zero-order chi connectivity index (χ0) is 15.8. The third-order valence-electron chi connectivity index (χ3n) is 4.52. The van der Waals surface area contributed by atoms with E-state index in [1.807, 2.05) is 11.8 Å². The van der Waals surface area contributed by atoms with Gasteiger partial charge in [-0.05, 0) is 42.4 Å². The van der Waals surface area contributed by atoms with Crippen molar-refractivity contribution in [1.82, 2.24) is 5.32 Å². The first kappa shape index (κ1) is 17.2. The van der Waals surface area contributed by atoms with Crippen LogP contribution in [0, 0.1) is 11.8 Å². The molecule has 3 atom stereocenters. The molecule has 1 saturated carbocycles. The molecule has 1 heterocycles. The van der Waals surface area contributed by atoms with E-state index < -0.39 is 0 Å². The molecule has 1 saturated heterocycles. The second kappa shape index (κ2) is 9.06. The Labute approximate surface area is 135 Å². The molecule has 0 aromatic rings. The summed E-state index contributed by atoms with van der Waals surface area (Å²) in [6, 6.07) is 0. The van der Waals surface area contributed by atoms with Gasteiger partial charge in [0, 0.05) is 42.5 Å². The molecule has 1 amide bonds. The maximum Gasteiger partial charge on any atom is 0.219 e. The molecule has 2 rings (SSSR count). The summed E-state index contributed by atoms with van der Waals surface area (Å²) in [5, 5.41) is 6.89. The lowest BCUT2D eigenvalue weighted by Crippen LogP contribution is -2.24. The summed E-state index contributed by atoms with van der Waals surface area (Å²) in [6.07, 6.45) is 5.92. The number of nitrogens with zero attached hydrogens (tertiary/aromatic N) is 3. The number of thioether (sulfide) groups is 1. The Morgan fingerprint density at radius 1 is 1.36 bits per heavy atom. The molecule has 0 aromatic heterocycles. The van der Waals surface area contributed by atoms with Crippen LogP contribution in [0.4, 0.5) is 0 Å². The lowest BCUT2D eigenvalue weighted by atomic mass is 9.92. The van der Waals surface area contributed by atoms with Crippen molar-refractivity contribution in [2.75, 3.05) is 18.8 Å². The molecule has 2 aliphatic rings. The Morgan fingerprint density at radius 2 is 2.23 bits per heavy atom. The Morgan fingerprint density at radius 3 is 3.05 bits per heavy atom. The predicted octanol–water partition coefficient (Wildman–Crippen LogP) is 3.07. The van der Waals surface area contributed by atoms with Crippen LogP contribution in [0.3, 0.4) is 0 Å². The number of carbonyl (C=O) groups excluding carboxylic acids is 2. The number of amides is 1. The van der Waals surface area contributed by atoms with Gasteiger partial charge < -0.3 is 5.32 Å². The van der Waals surface area contributed by atoms with Gasteiger partial charge in [0.25, 0.3) is 0 Å². The zero-order valence-corrected chi connectivity index (χ0v) is 13.7. The average molecular weight is 324 g/mol. The quantitative estimate of drug-likeness (QED) is 0.305. The number of fused-ring (bicyclic) bond motifs is 1. The monoisotopic (exact) mass is 324 g/mol. The van der Waals surface area contributed by atoms with Crippen molar-refractivity contribution in [1.29, 1.82) is 0 Å². The smallest absolute Gasteiger partial charge is 0.219 e. The third-order valence-corrected chi connectivity index (χ3v) is 6.16. The Kier molecular flexibility index (Phi) is 7.06. The minimum absolute atomic E-state index is 0.0777. The number of ketones is 1. The fourth-order valence-electron chi connectivity index (χ4n) is 3.38. The zero-order valence-electron chi connectivity index (χ0n) is 12.9. The summed E-state index contributed by atoms with van der Waals surface area (Å²) >= 11 is 2.02. The normalized spacial score (nSPS) is 26.5. The van der Waals surface area contributed by atoms with Crippen molar-refractivity contribution >= 4 is 23.5 Å². The molecule has 0 radical (unpaired) electrons. The number of Topliss-reactive ketones (excluding diaryl/α,β-unsaturated/α-hetero) is 1. The maximum absolute atomic E-state index is 11.6. The number of rotatable bonds is 9. The molecule has 1 aliphatic carbocycles. The number of carbonyl (C=O) groups is 2. The molecule has 2 fully saturated rings. The van der Waals surface area contributed by atoms with Crippen molar-refractivity contribution in [2.45, 2.75) is 50.2 Å². The minimum Gasteiger partial charge on any atom is -0.356 e. The predicted molar refractivity (Wildman–Crippen MR) is 87.6 cm³/mol. The summed E-state index contributed by atoms with van der Waals surface area (Å²) < 4.78 is 0. The number of hydrogen-bond acceptors (Lipinski definition) is 4. The topological polar surface area (TPSA) is 94.9 Å². The van der Waals surface area contributed by atoms with Gasteiger partial charge >= 0.3 is 0 Å². The number of hydrogen-bond donors (Lipinski definition) is 1. The molecule has 0 spiro atoms. The van der Waals surface area contributed by atoms with Crippen LogP contribution in [0.15, 0.2) is 5.11 Å². The molecule has 0 aromatic carbocycles. The van der Waals surface area contributed by atoms with E-state index in [-0.39, 0.29) is 5.91 Å². The second-order valence-electron chi connectivity index (χ2n) is 6.15. The van der Waals surface area contributed by atoms with Crippen LogP contribution < -0.4 is 5.32 Å². The maximum atomic E-state index is 11.6. The van der Waals surface area contributed by atoms with Gasteiger partial charge in [-0.25, -0.2) is 0 Å². The summed E-state index contributed by atoms with van der Waals surface area (Å²) in [5.74, 6) is 2.90. The Bertz CT molecular complexity index is 451. The Hall–Kier alpha value is -1.20. The first-order valence-corrected chi connectivity index (χ1v) is 9.16. The summed E-state index contributed by atoms with van der Waals surface area (Å²) in [5.41, 5.74) is 8.13. The van der Waals surface area contributed by atoms with Gasteiger partial charge in [-0.2, -0.15) is 11.8 Å².